The van der Waals surface area contributed by atoms with Crippen molar-refractivity contribution in [2.45, 2.75) is 30.7 Å². The van der Waals surface area contributed by atoms with E-state index in [-0.39, 0.29) is 17.9 Å². The highest BCUT2D eigenvalue weighted by Gasteiger charge is 2.29. The van der Waals surface area contributed by atoms with Crippen molar-refractivity contribution in [2.24, 2.45) is 0 Å². The molecule has 162 valence electrons. The van der Waals surface area contributed by atoms with Crippen LogP contribution in [-0.4, -0.2) is 50.8 Å². The fourth-order valence-electron chi connectivity index (χ4n) is 3.45. The lowest BCUT2D eigenvalue weighted by molar-refractivity contribution is 0.0784. The number of sulfonamides is 1. The summed E-state index contributed by atoms with van der Waals surface area (Å²) >= 11 is 0. The molecule has 6 nitrogen and oxygen atoms in total. The van der Waals surface area contributed by atoms with Crippen LogP contribution in [0.25, 0.3) is 0 Å². The SMILES string of the molecule is COc1ccc(CN(C)C(=O)c2ccc(F)c(S(=O)(=O)N3CCCCC3)c2)cc1F. The summed E-state index contributed by atoms with van der Waals surface area (Å²) in [6, 6.07) is 7.67. The van der Waals surface area contributed by atoms with Gasteiger partial charge in [-0.15, -0.1) is 0 Å². The van der Waals surface area contributed by atoms with E-state index in [1.807, 2.05) is 0 Å². The number of piperidine rings is 1. The summed E-state index contributed by atoms with van der Waals surface area (Å²) in [6.45, 7) is 0.761. The summed E-state index contributed by atoms with van der Waals surface area (Å²) in [5.74, 6) is -1.84. The van der Waals surface area contributed by atoms with Gasteiger partial charge >= 0.3 is 0 Å². The molecule has 0 aromatic heterocycles. The van der Waals surface area contributed by atoms with Crippen LogP contribution in [0.3, 0.4) is 0 Å². The highest BCUT2D eigenvalue weighted by atomic mass is 32.2. The van der Waals surface area contributed by atoms with Gasteiger partial charge in [0.2, 0.25) is 10.0 Å². The van der Waals surface area contributed by atoms with Gasteiger partial charge in [0.15, 0.2) is 11.6 Å². The van der Waals surface area contributed by atoms with Gasteiger partial charge in [-0.2, -0.15) is 4.31 Å². The zero-order valence-corrected chi connectivity index (χ0v) is 17.7. The summed E-state index contributed by atoms with van der Waals surface area (Å²) in [7, 11) is -1.16. The molecule has 2 aromatic rings. The molecular weight excluding hydrogens is 414 g/mol. The fourth-order valence-corrected chi connectivity index (χ4v) is 5.06. The van der Waals surface area contributed by atoms with Crippen molar-refractivity contribution >= 4 is 15.9 Å². The molecule has 0 bridgehead atoms. The van der Waals surface area contributed by atoms with Crippen LogP contribution in [0, 0.1) is 11.6 Å². The minimum absolute atomic E-state index is 0.0449. The largest absolute Gasteiger partial charge is 0.494 e. The van der Waals surface area contributed by atoms with Crippen LogP contribution in [-0.2, 0) is 16.6 Å². The number of hydrogen-bond donors (Lipinski definition) is 0. The number of rotatable bonds is 6. The van der Waals surface area contributed by atoms with Gasteiger partial charge in [0.05, 0.1) is 7.11 Å². The first kappa shape index (κ1) is 22.2. The Labute approximate surface area is 175 Å². The maximum atomic E-state index is 14.4. The Hall–Kier alpha value is -2.52. The quantitative estimate of drug-likeness (QED) is 0.693. The van der Waals surface area contributed by atoms with Crippen molar-refractivity contribution in [1.29, 1.82) is 0 Å². The van der Waals surface area contributed by atoms with Gasteiger partial charge in [0.25, 0.3) is 5.91 Å². The Morgan fingerprint density at radius 2 is 1.77 bits per heavy atom. The molecule has 0 radical (unpaired) electrons. The van der Waals surface area contributed by atoms with Crippen LogP contribution < -0.4 is 4.74 Å². The van der Waals surface area contributed by atoms with Crippen molar-refractivity contribution in [2.75, 3.05) is 27.2 Å². The van der Waals surface area contributed by atoms with Crippen LogP contribution in [0.15, 0.2) is 41.3 Å². The summed E-state index contributed by atoms with van der Waals surface area (Å²) in [4.78, 5) is 13.6. The average Bonchev–Trinajstić information content (AvgIpc) is 2.74. The van der Waals surface area contributed by atoms with E-state index in [4.69, 9.17) is 4.74 Å². The lowest BCUT2D eigenvalue weighted by Crippen LogP contribution is -2.36. The zero-order valence-electron chi connectivity index (χ0n) is 16.9. The van der Waals surface area contributed by atoms with Crippen LogP contribution >= 0.6 is 0 Å². The van der Waals surface area contributed by atoms with Crippen LogP contribution in [0.1, 0.15) is 35.2 Å². The molecule has 0 atom stereocenters. The van der Waals surface area contributed by atoms with Crippen molar-refractivity contribution in [3.05, 3.63) is 59.2 Å². The fraction of sp³-hybridized carbons (Fsp3) is 0.381. The highest BCUT2D eigenvalue weighted by molar-refractivity contribution is 7.89. The lowest BCUT2D eigenvalue weighted by atomic mass is 10.1. The van der Waals surface area contributed by atoms with E-state index >= 15 is 0 Å². The van der Waals surface area contributed by atoms with Crippen molar-refractivity contribution < 1.29 is 26.7 Å². The Bertz CT molecular complexity index is 1040. The third-order valence-corrected chi connectivity index (χ3v) is 7.01. The van der Waals surface area contributed by atoms with E-state index in [0.29, 0.717) is 18.7 Å². The third-order valence-electron chi connectivity index (χ3n) is 5.09. The van der Waals surface area contributed by atoms with E-state index in [2.05, 4.69) is 0 Å². The Balaban J connectivity index is 1.82. The number of carbonyl (C=O) groups excluding carboxylic acids is 1. The second-order valence-electron chi connectivity index (χ2n) is 7.24. The summed E-state index contributed by atoms with van der Waals surface area (Å²) in [6.07, 6.45) is 2.38. The molecule has 2 aromatic carbocycles. The Morgan fingerprint density at radius 3 is 2.40 bits per heavy atom. The van der Waals surface area contributed by atoms with Gasteiger partial charge in [0.1, 0.15) is 10.7 Å². The van der Waals surface area contributed by atoms with Crippen LogP contribution in [0.4, 0.5) is 8.78 Å². The number of carbonyl (C=O) groups is 1. The number of benzene rings is 2. The first-order valence-electron chi connectivity index (χ1n) is 9.61. The average molecular weight is 438 g/mol. The molecule has 1 aliphatic heterocycles. The minimum Gasteiger partial charge on any atom is -0.494 e. The number of hydrogen-bond acceptors (Lipinski definition) is 4. The molecule has 1 fully saturated rings. The van der Waals surface area contributed by atoms with Gasteiger partial charge in [-0.1, -0.05) is 12.5 Å². The van der Waals surface area contributed by atoms with Crippen molar-refractivity contribution in [1.82, 2.24) is 9.21 Å². The molecule has 30 heavy (non-hydrogen) atoms. The molecule has 0 aliphatic carbocycles. The lowest BCUT2D eigenvalue weighted by Gasteiger charge is -2.26. The van der Waals surface area contributed by atoms with Gasteiger partial charge in [-0.25, -0.2) is 17.2 Å². The molecule has 0 spiro atoms. The van der Waals surface area contributed by atoms with Crippen molar-refractivity contribution in [3.63, 3.8) is 0 Å². The molecule has 1 amide bonds. The minimum atomic E-state index is -4.02. The molecule has 0 unspecified atom stereocenters. The highest BCUT2D eigenvalue weighted by Crippen LogP contribution is 2.25. The van der Waals surface area contributed by atoms with Gasteiger partial charge in [0, 0.05) is 32.2 Å². The standard InChI is InChI=1S/C21H24F2N2O4S/c1-24(14-15-6-9-19(29-2)18(23)12-15)21(26)16-7-8-17(22)20(13-16)30(27,28)25-10-4-3-5-11-25/h6-9,12-13H,3-5,10-11,14H2,1-2H3. The molecule has 1 heterocycles. The number of nitrogens with zero attached hydrogens (tertiary/aromatic N) is 2. The zero-order chi connectivity index (χ0) is 21.9. The van der Waals surface area contributed by atoms with Crippen molar-refractivity contribution in [3.8, 4) is 5.75 Å². The maximum absolute atomic E-state index is 14.4. The molecule has 0 saturated carbocycles. The predicted molar refractivity (Wildman–Crippen MR) is 108 cm³/mol. The van der Waals surface area contributed by atoms with Gasteiger partial charge in [-0.3, -0.25) is 4.79 Å². The van der Waals surface area contributed by atoms with E-state index < -0.39 is 32.5 Å². The number of amides is 1. The van der Waals surface area contributed by atoms with E-state index in [1.54, 1.807) is 6.07 Å². The van der Waals surface area contributed by atoms with E-state index in [1.165, 1.54) is 41.6 Å². The van der Waals surface area contributed by atoms with Crippen LogP contribution in [0.5, 0.6) is 5.75 Å². The normalized spacial score (nSPS) is 15.1. The summed E-state index contributed by atoms with van der Waals surface area (Å²) in [5.41, 5.74) is 0.580. The molecule has 3 rings (SSSR count). The predicted octanol–water partition coefficient (Wildman–Crippen LogP) is 3.42. The monoisotopic (exact) mass is 438 g/mol. The summed E-state index contributed by atoms with van der Waals surface area (Å²) in [5, 5.41) is 0. The smallest absolute Gasteiger partial charge is 0.253 e. The number of halogens is 2. The van der Waals surface area contributed by atoms with Gasteiger partial charge < -0.3 is 9.64 Å². The Morgan fingerprint density at radius 1 is 1.07 bits per heavy atom. The van der Waals surface area contributed by atoms with Crippen LogP contribution in [0.2, 0.25) is 0 Å². The second kappa shape index (κ2) is 9.09. The molecule has 0 N–H and O–H groups in total. The molecule has 9 heteroatoms. The third kappa shape index (κ3) is 4.62. The van der Waals surface area contributed by atoms with E-state index in [0.717, 1.165) is 31.4 Å². The maximum Gasteiger partial charge on any atom is 0.253 e. The second-order valence-corrected chi connectivity index (χ2v) is 9.15. The molecule has 1 saturated heterocycles. The van der Waals surface area contributed by atoms with E-state index in [9.17, 15) is 22.0 Å². The first-order valence-corrected chi connectivity index (χ1v) is 11.1. The molecular formula is C21H24F2N2O4S. The van der Waals surface area contributed by atoms with Gasteiger partial charge in [-0.05, 0) is 48.7 Å². The number of methoxy groups -OCH3 is 1. The Kier molecular flexibility index (Phi) is 6.72. The topological polar surface area (TPSA) is 66.9 Å². The molecule has 1 aliphatic rings. The number of ether oxygens (including phenoxy) is 1. The summed E-state index contributed by atoms with van der Waals surface area (Å²) < 4.78 is 60.1. The first-order chi connectivity index (χ1) is 14.2.